The Morgan fingerprint density at radius 2 is 2.05 bits per heavy atom. The topological polar surface area (TPSA) is 81.1 Å². The molecule has 0 bridgehead atoms. The highest BCUT2D eigenvalue weighted by Crippen LogP contribution is 2.46. The summed E-state index contributed by atoms with van der Waals surface area (Å²) in [5, 5.41) is 19.3. The zero-order valence-corrected chi connectivity index (χ0v) is 12.3. The predicted molar refractivity (Wildman–Crippen MR) is 74.4 cm³/mol. The van der Waals surface area contributed by atoms with Gasteiger partial charge in [-0.2, -0.15) is 0 Å². The van der Waals surface area contributed by atoms with Gasteiger partial charge in [0.25, 0.3) is 0 Å². The van der Waals surface area contributed by atoms with E-state index in [0.29, 0.717) is 24.6 Å². The second kappa shape index (κ2) is 4.80. The maximum Gasteiger partial charge on any atom is 0.327 e. The normalized spacial score (nSPS) is 37.5. The van der Waals surface area contributed by atoms with Gasteiger partial charge in [0.1, 0.15) is 6.04 Å². The molecule has 7 heteroatoms. The van der Waals surface area contributed by atoms with E-state index in [-0.39, 0.29) is 17.9 Å². The Morgan fingerprint density at radius 3 is 2.55 bits per heavy atom. The van der Waals surface area contributed by atoms with Gasteiger partial charge >= 0.3 is 12.0 Å². The molecule has 2 amide bonds. The molecule has 3 rings (SSSR count). The molecule has 112 valence electrons. The van der Waals surface area contributed by atoms with Gasteiger partial charge in [-0.3, -0.25) is 4.90 Å². The van der Waals surface area contributed by atoms with Crippen molar-refractivity contribution in [3.05, 3.63) is 0 Å². The maximum absolute atomic E-state index is 12.7. The van der Waals surface area contributed by atoms with E-state index in [0.717, 1.165) is 12.8 Å². The van der Waals surface area contributed by atoms with E-state index in [1.807, 2.05) is 0 Å². The number of nitrogens with zero attached hydrogens (tertiary/aromatic N) is 2. The lowest BCUT2D eigenvalue weighted by Gasteiger charge is -2.32. The van der Waals surface area contributed by atoms with E-state index in [2.05, 4.69) is 0 Å². The number of amides is 2. The summed E-state index contributed by atoms with van der Waals surface area (Å²) >= 11 is 1.58. The molecule has 0 aromatic carbocycles. The molecule has 0 spiro atoms. The number of aliphatic hydroxyl groups is 1. The molecular weight excluding hydrogens is 280 g/mol. The van der Waals surface area contributed by atoms with Gasteiger partial charge in [-0.05, 0) is 32.1 Å². The van der Waals surface area contributed by atoms with Crippen molar-refractivity contribution in [3.63, 3.8) is 0 Å². The minimum Gasteiger partial charge on any atom is -0.480 e. The second-order valence-electron chi connectivity index (χ2n) is 6.27. The molecule has 2 heterocycles. The van der Waals surface area contributed by atoms with E-state index in [1.165, 1.54) is 0 Å². The van der Waals surface area contributed by atoms with Gasteiger partial charge in [-0.15, -0.1) is 11.8 Å². The SMILES string of the molecule is CC1(O)CCN(C(=O)N2C(C(=O)O)CSC2C2CC2)C1. The van der Waals surface area contributed by atoms with Crippen molar-refractivity contribution < 1.29 is 19.8 Å². The molecule has 2 saturated heterocycles. The summed E-state index contributed by atoms with van der Waals surface area (Å²) in [5.41, 5.74) is -0.851. The molecular formula is C13H20N2O4S. The van der Waals surface area contributed by atoms with Gasteiger partial charge in [0.15, 0.2) is 0 Å². The Balaban J connectivity index is 1.77. The molecule has 3 unspecified atom stereocenters. The van der Waals surface area contributed by atoms with Crippen molar-refractivity contribution in [2.75, 3.05) is 18.8 Å². The fourth-order valence-corrected chi connectivity index (χ4v) is 4.60. The predicted octanol–water partition coefficient (Wildman–Crippen LogP) is 0.801. The first kappa shape index (κ1) is 14.0. The lowest BCUT2D eigenvalue weighted by Crippen LogP contribution is -2.52. The van der Waals surface area contributed by atoms with E-state index in [1.54, 1.807) is 28.5 Å². The average Bonchev–Trinajstić information content (AvgIpc) is 3.00. The average molecular weight is 300 g/mol. The van der Waals surface area contributed by atoms with Crippen molar-refractivity contribution in [3.8, 4) is 0 Å². The lowest BCUT2D eigenvalue weighted by molar-refractivity contribution is -0.141. The number of β-amino-alcohol motifs (C(OH)–C–C–N with tert-alkyl or cyclic N) is 1. The van der Waals surface area contributed by atoms with Crippen LogP contribution in [0.3, 0.4) is 0 Å². The Morgan fingerprint density at radius 1 is 1.35 bits per heavy atom. The standard InChI is InChI=1S/C13H20N2O4S/c1-13(19)4-5-14(7-13)12(18)15-9(11(16)17)6-20-10(15)8-2-3-8/h8-10,19H,2-7H2,1H3,(H,16,17). The third-order valence-electron chi connectivity index (χ3n) is 4.29. The zero-order chi connectivity index (χ0) is 14.5. The minimum atomic E-state index is -0.931. The fourth-order valence-electron chi connectivity index (χ4n) is 2.98. The van der Waals surface area contributed by atoms with Crippen LogP contribution in [-0.2, 0) is 4.79 Å². The number of hydrogen-bond donors (Lipinski definition) is 2. The van der Waals surface area contributed by atoms with Crippen molar-refractivity contribution in [2.24, 2.45) is 5.92 Å². The molecule has 6 nitrogen and oxygen atoms in total. The molecule has 0 radical (unpaired) electrons. The van der Waals surface area contributed by atoms with Crippen LogP contribution in [-0.4, -0.2) is 67.9 Å². The molecule has 3 aliphatic rings. The van der Waals surface area contributed by atoms with Crippen LogP contribution < -0.4 is 0 Å². The first-order valence-corrected chi connectivity index (χ1v) is 8.08. The van der Waals surface area contributed by atoms with Gasteiger partial charge in [-0.1, -0.05) is 0 Å². The van der Waals surface area contributed by atoms with Crippen LogP contribution in [0.5, 0.6) is 0 Å². The highest BCUT2D eigenvalue weighted by molar-refractivity contribution is 8.00. The summed E-state index contributed by atoms with van der Waals surface area (Å²) in [5.74, 6) is -0.0247. The van der Waals surface area contributed by atoms with Crippen molar-refractivity contribution in [2.45, 2.75) is 43.2 Å². The largest absolute Gasteiger partial charge is 0.480 e. The monoisotopic (exact) mass is 300 g/mol. The number of carboxylic acids is 1. The van der Waals surface area contributed by atoms with Crippen LogP contribution in [0.15, 0.2) is 0 Å². The minimum absolute atomic E-state index is 0.00542. The number of hydrogen-bond acceptors (Lipinski definition) is 4. The fraction of sp³-hybridized carbons (Fsp3) is 0.846. The number of rotatable bonds is 2. The molecule has 0 aromatic rings. The summed E-state index contributed by atoms with van der Waals surface area (Å²) < 4.78 is 0. The third-order valence-corrected chi connectivity index (χ3v) is 5.75. The quantitative estimate of drug-likeness (QED) is 0.788. The van der Waals surface area contributed by atoms with E-state index in [4.69, 9.17) is 0 Å². The molecule has 1 aliphatic carbocycles. The van der Waals surface area contributed by atoms with E-state index in [9.17, 15) is 19.8 Å². The number of carbonyl (C=O) groups excluding carboxylic acids is 1. The van der Waals surface area contributed by atoms with Crippen LogP contribution >= 0.6 is 11.8 Å². The van der Waals surface area contributed by atoms with Crippen molar-refractivity contribution in [1.82, 2.24) is 9.80 Å². The number of aliphatic carboxylic acids is 1. The number of thioether (sulfide) groups is 1. The molecule has 1 saturated carbocycles. The Hall–Kier alpha value is -0.950. The molecule has 2 aliphatic heterocycles. The summed E-state index contributed by atoms with van der Waals surface area (Å²) in [7, 11) is 0. The van der Waals surface area contributed by atoms with Gasteiger partial charge < -0.3 is 15.1 Å². The van der Waals surface area contributed by atoms with E-state index < -0.39 is 17.6 Å². The summed E-state index contributed by atoms with van der Waals surface area (Å²) in [4.78, 5) is 27.2. The molecule has 3 fully saturated rings. The smallest absolute Gasteiger partial charge is 0.327 e. The maximum atomic E-state index is 12.7. The summed E-state index contributed by atoms with van der Waals surface area (Å²) in [6.45, 7) is 2.50. The third kappa shape index (κ3) is 2.48. The van der Waals surface area contributed by atoms with Crippen molar-refractivity contribution >= 4 is 23.8 Å². The Labute approximate surface area is 122 Å². The second-order valence-corrected chi connectivity index (χ2v) is 7.42. The van der Waals surface area contributed by atoms with Gasteiger partial charge in [0.05, 0.1) is 17.5 Å². The van der Waals surface area contributed by atoms with E-state index >= 15 is 0 Å². The van der Waals surface area contributed by atoms with Crippen LogP contribution in [0, 0.1) is 5.92 Å². The first-order valence-electron chi connectivity index (χ1n) is 7.03. The summed E-state index contributed by atoms with van der Waals surface area (Å²) in [6, 6.07) is -0.958. The Bertz CT molecular complexity index is 438. The highest BCUT2D eigenvalue weighted by Gasteiger charge is 2.50. The van der Waals surface area contributed by atoms with Crippen molar-refractivity contribution in [1.29, 1.82) is 0 Å². The van der Waals surface area contributed by atoms with Gasteiger partial charge in [-0.25, -0.2) is 9.59 Å². The van der Waals surface area contributed by atoms with Crippen LogP contribution in [0.25, 0.3) is 0 Å². The molecule has 2 N–H and O–H groups in total. The molecule has 20 heavy (non-hydrogen) atoms. The summed E-state index contributed by atoms with van der Waals surface area (Å²) in [6.07, 6.45) is 2.70. The lowest BCUT2D eigenvalue weighted by atomic mass is 10.1. The molecule has 3 atom stereocenters. The first-order chi connectivity index (χ1) is 9.39. The number of carbonyl (C=O) groups is 2. The van der Waals surface area contributed by atoms with Crippen LogP contribution in [0.2, 0.25) is 0 Å². The number of carboxylic acid groups (broad SMARTS) is 1. The number of urea groups is 1. The highest BCUT2D eigenvalue weighted by atomic mass is 32.2. The number of likely N-dealkylation sites (tertiary alicyclic amines) is 1. The van der Waals surface area contributed by atoms with Crippen LogP contribution in [0.1, 0.15) is 26.2 Å². The van der Waals surface area contributed by atoms with Gasteiger partial charge in [0, 0.05) is 12.3 Å². The zero-order valence-electron chi connectivity index (χ0n) is 11.5. The molecule has 0 aromatic heterocycles. The van der Waals surface area contributed by atoms with Crippen LogP contribution in [0.4, 0.5) is 4.79 Å². The van der Waals surface area contributed by atoms with Gasteiger partial charge in [0.2, 0.25) is 0 Å². The Kier molecular flexibility index (Phi) is 3.36.